The molecular weight excluding hydrogens is 502 g/mol. The fraction of sp³-hybridized carbons (Fsp3) is 0.214. The SMILES string of the molecule is COCc1nc2c(C(F)(F)F)cccn2c1C(O)c1ccc2c(c1)COc1cc(F)ccc1/C2=C(\C)C#N. The molecule has 0 bridgehead atoms. The lowest BCUT2D eigenvalue weighted by Crippen LogP contribution is -2.10. The Labute approximate surface area is 215 Å². The summed E-state index contributed by atoms with van der Waals surface area (Å²) < 4.78 is 67.1. The minimum Gasteiger partial charge on any atom is -0.488 e. The number of halogens is 4. The quantitative estimate of drug-likeness (QED) is 0.264. The van der Waals surface area contributed by atoms with Gasteiger partial charge in [-0.25, -0.2) is 9.37 Å². The molecule has 4 aromatic rings. The Morgan fingerprint density at radius 1 is 1.21 bits per heavy atom. The van der Waals surface area contributed by atoms with Crippen LogP contribution in [0.3, 0.4) is 0 Å². The third-order valence-electron chi connectivity index (χ3n) is 6.46. The molecular formula is C28H21F4N3O3. The Hall–Kier alpha value is -4.20. The fourth-order valence-electron chi connectivity index (χ4n) is 4.77. The molecule has 0 fully saturated rings. The number of hydrogen-bond acceptors (Lipinski definition) is 5. The number of nitriles is 1. The van der Waals surface area contributed by atoms with E-state index >= 15 is 0 Å². The van der Waals surface area contributed by atoms with Gasteiger partial charge >= 0.3 is 6.18 Å². The summed E-state index contributed by atoms with van der Waals surface area (Å²) in [6.45, 7) is 1.55. The molecule has 1 atom stereocenters. The van der Waals surface area contributed by atoms with Crippen LogP contribution in [0.4, 0.5) is 17.6 Å². The molecule has 6 nitrogen and oxygen atoms in total. The van der Waals surface area contributed by atoms with E-state index in [0.717, 1.165) is 6.07 Å². The lowest BCUT2D eigenvalue weighted by atomic mass is 9.89. The maximum atomic E-state index is 13.9. The minimum absolute atomic E-state index is 0.0187. The predicted octanol–water partition coefficient (Wildman–Crippen LogP) is 5.96. The highest BCUT2D eigenvalue weighted by Gasteiger charge is 2.35. The monoisotopic (exact) mass is 523 g/mol. The van der Waals surface area contributed by atoms with Gasteiger partial charge in [-0.3, -0.25) is 0 Å². The van der Waals surface area contributed by atoms with E-state index < -0.39 is 23.7 Å². The van der Waals surface area contributed by atoms with Gasteiger partial charge in [-0.1, -0.05) is 12.1 Å². The summed E-state index contributed by atoms with van der Waals surface area (Å²) in [6.07, 6.45) is -4.60. The summed E-state index contributed by atoms with van der Waals surface area (Å²) in [7, 11) is 1.39. The van der Waals surface area contributed by atoms with Gasteiger partial charge in [0.1, 0.15) is 29.9 Å². The van der Waals surface area contributed by atoms with Crippen molar-refractivity contribution in [3.8, 4) is 11.8 Å². The molecule has 1 unspecified atom stereocenters. The van der Waals surface area contributed by atoms with Gasteiger partial charge in [0.2, 0.25) is 0 Å². The zero-order valence-electron chi connectivity index (χ0n) is 20.3. The summed E-state index contributed by atoms with van der Waals surface area (Å²) in [4.78, 5) is 4.15. The Balaban J connectivity index is 1.66. The number of rotatable bonds is 4. The maximum absolute atomic E-state index is 13.9. The van der Waals surface area contributed by atoms with Crippen LogP contribution in [0, 0.1) is 17.1 Å². The number of ether oxygens (including phenoxy) is 2. The standard InChI is InChI=1S/C28H21F4N3O3/c1-15(12-33)24-19-7-5-16(10-17(19)13-38-23-11-18(29)6-8-20(23)24)26(36)25-22(14-37-2)34-27-21(28(30,31)32)4-3-9-35(25)27/h3-11,26,36H,13-14H2,1-2H3/b24-15+. The molecule has 1 aliphatic heterocycles. The average Bonchev–Trinajstić information content (AvgIpc) is 3.17. The summed E-state index contributed by atoms with van der Waals surface area (Å²) in [5.74, 6) is -0.215. The van der Waals surface area contributed by atoms with E-state index in [1.807, 2.05) is 0 Å². The Morgan fingerprint density at radius 2 is 1.97 bits per heavy atom. The molecule has 2 aromatic heterocycles. The molecule has 0 saturated carbocycles. The molecule has 0 aliphatic carbocycles. The molecule has 10 heteroatoms. The van der Waals surface area contributed by atoms with Crippen LogP contribution in [0.1, 0.15) is 52.2 Å². The summed E-state index contributed by atoms with van der Waals surface area (Å²) in [5, 5.41) is 21.1. The molecule has 0 radical (unpaired) electrons. The minimum atomic E-state index is -4.64. The van der Waals surface area contributed by atoms with E-state index in [0.29, 0.717) is 33.4 Å². The van der Waals surface area contributed by atoms with Gasteiger partial charge in [0, 0.05) is 36.1 Å². The number of aliphatic hydroxyl groups excluding tert-OH is 1. The van der Waals surface area contributed by atoms with Crippen LogP contribution in [-0.4, -0.2) is 21.6 Å². The molecule has 1 aliphatic rings. The van der Waals surface area contributed by atoms with Gasteiger partial charge in [0.05, 0.1) is 29.6 Å². The van der Waals surface area contributed by atoms with E-state index in [1.54, 1.807) is 31.2 Å². The third-order valence-corrected chi connectivity index (χ3v) is 6.46. The van der Waals surface area contributed by atoms with Crippen LogP contribution < -0.4 is 4.74 Å². The first kappa shape index (κ1) is 25.4. The van der Waals surface area contributed by atoms with E-state index in [-0.39, 0.29) is 36.0 Å². The van der Waals surface area contributed by atoms with E-state index in [1.165, 1.54) is 35.9 Å². The zero-order valence-corrected chi connectivity index (χ0v) is 20.3. The number of imidazole rings is 1. The molecule has 0 amide bonds. The van der Waals surface area contributed by atoms with Crippen molar-refractivity contribution in [2.24, 2.45) is 0 Å². The van der Waals surface area contributed by atoms with Crippen molar-refractivity contribution in [1.82, 2.24) is 9.38 Å². The largest absolute Gasteiger partial charge is 0.488 e. The lowest BCUT2D eigenvalue weighted by Gasteiger charge is -2.17. The Bertz CT molecular complexity index is 1630. The number of benzene rings is 2. The van der Waals surface area contributed by atoms with Crippen LogP contribution >= 0.6 is 0 Å². The van der Waals surface area contributed by atoms with Crippen molar-refractivity contribution in [2.45, 2.75) is 32.4 Å². The molecule has 38 heavy (non-hydrogen) atoms. The molecule has 2 aromatic carbocycles. The van der Waals surface area contributed by atoms with Crippen LogP contribution in [0.15, 0.2) is 60.3 Å². The number of nitrogens with zero attached hydrogens (tertiary/aromatic N) is 3. The summed E-state index contributed by atoms with van der Waals surface area (Å²) in [6, 6.07) is 13.4. The van der Waals surface area contributed by atoms with Crippen molar-refractivity contribution in [2.75, 3.05) is 7.11 Å². The van der Waals surface area contributed by atoms with Crippen molar-refractivity contribution >= 4 is 11.2 Å². The van der Waals surface area contributed by atoms with Gasteiger partial charge in [0.15, 0.2) is 0 Å². The van der Waals surface area contributed by atoms with Crippen LogP contribution in [0.5, 0.6) is 5.75 Å². The normalized spacial score (nSPS) is 15.2. The predicted molar refractivity (Wildman–Crippen MR) is 129 cm³/mol. The Morgan fingerprint density at radius 3 is 2.68 bits per heavy atom. The average molecular weight is 523 g/mol. The summed E-state index contributed by atoms with van der Waals surface area (Å²) in [5.41, 5.74) is 2.19. The van der Waals surface area contributed by atoms with Crippen molar-refractivity contribution in [1.29, 1.82) is 5.26 Å². The molecule has 0 spiro atoms. The number of aliphatic hydroxyl groups is 1. The number of allylic oxidation sites excluding steroid dienone is 1. The Kier molecular flexibility index (Phi) is 6.42. The molecule has 0 saturated heterocycles. The number of methoxy groups -OCH3 is 1. The van der Waals surface area contributed by atoms with Crippen LogP contribution in [0.25, 0.3) is 11.2 Å². The summed E-state index contributed by atoms with van der Waals surface area (Å²) >= 11 is 0. The first-order valence-corrected chi connectivity index (χ1v) is 11.5. The van der Waals surface area contributed by atoms with E-state index in [9.17, 15) is 27.9 Å². The first-order chi connectivity index (χ1) is 18.1. The smallest absolute Gasteiger partial charge is 0.419 e. The molecule has 1 N–H and O–H groups in total. The van der Waals surface area contributed by atoms with Gasteiger partial charge in [-0.05, 0) is 53.9 Å². The highest BCUT2D eigenvalue weighted by Crippen LogP contribution is 2.41. The topological polar surface area (TPSA) is 79.8 Å². The van der Waals surface area contributed by atoms with Gasteiger partial charge in [-0.15, -0.1) is 0 Å². The lowest BCUT2D eigenvalue weighted by molar-refractivity contribution is -0.136. The van der Waals surface area contributed by atoms with Crippen molar-refractivity contribution in [3.63, 3.8) is 0 Å². The number of pyridine rings is 1. The second kappa shape index (κ2) is 9.59. The number of alkyl halides is 3. The number of aromatic nitrogens is 2. The zero-order chi connectivity index (χ0) is 27.2. The third kappa shape index (κ3) is 4.30. The van der Waals surface area contributed by atoms with Crippen LogP contribution in [-0.2, 0) is 24.1 Å². The van der Waals surface area contributed by atoms with Gasteiger partial charge in [-0.2, -0.15) is 18.4 Å². The molecule has 3 heterocycles. The second-order valence-corrected chi connectivity index (χ2v) is 8.85. The highest BCUT2D eigenvalue weighted by molar-refractivity contribution is 5.88. The van der Waals surface area contributed by atoms with Crippen molar-refractivity contribution < 1.29 is 32.1 Å². The van der Waals surface area contributed by atoms with E-state index in [4.69, 9.17) is 9.47 Å². The van der Waals surface area contributed by atoms with Gasteiger partial charge in [0.25, 0.3) is 0 Å². The molecule has 5 rings (SSSR count). The maximum Gasteiger partial charge on any atom is 0.419 e. The van der Waals surface area contributed by atoms with E-state index in [2.05, 4.69) is 11.1 Å². The second-order valence-electron chi connectivity index (χ2n) is 8.85. The van der Waals surface area contributed by atoms with Gasteiger partial charge < -0.3 is 19.0 Å². The van der Waals surface area contributed by atoms with Crippen molar-refractivity contribution in [3.05, 3.63) is 105 Å². The number of fused-ring (bicyclic) bond motifs is 3. The first-order valence-electron chi connectivity index (χ1n) is 11.5. The molecule has 194 valence electrons. The highest BCUT2D eigenvalue weighted by atomic mass is 19.4. The fourth-order valence-corrected chi connectivity index (χ4v) is 4.77. The number of hydrogen-bond donors (Lipinski definition) is 1. The van der Waals surface area contributed by atoms with Crippen LogP contribution in [0.2, 0.25) is 0 Å².